The topological polar surface area (TPSA) is 59.6 Å². The average molecular weight is 320 g/mol. The molecule has 0 atom stereocenters. The van der Waals surface area contributed by atoms with Crippen LogP contribution >= 0.6 is 0 Å². The van der Waals surface area contributed by atoms with Crippen LogP contribution in [0.15, 0.2) is 36.4 Å². The van der Waals surface area contributed by atoms with E-state index in [1.54, 1.807) is 0 Å². The van der Waals surface area contributed by atoms with Crippen molar-refractivity contribution in [2.75, 3.05) is 19.7 Å². The summed E-state index contributed by atoms with van der Waals surface area (Å²) >= 11 is 0. The predicted molar refractivity (Wildman–Crippen MR) is 92.7 cm³/mol. The van der Waals surface area contributed by atoms with Gasteiger partial charge in [-0.15, -0.1) is 0 Å². The summed E-state index contributed by atoms with van der Waals surface area (Å²) in [6, 6.07) is 7.99. The first-order valence-electron chi connectivity index (χ1n) is 7.95. The van der Waals surface area contributed by atoms with Gasteiger partial charge in [-0.3, -0.25) is 0 Å². The number of amides is 1. The number of para-hydroxylation sites is 1. The fraction of sp³-hybridized carbons (Fsp3) is 0.500. The maximum Gasteiger partial charge on any atom is 0.407 e. The molecule has 0 unspecified atom stereocenters. The van der Waals surface area contributed by atoms with Crippen LogP contribution in [0.3, 0.4) is 0 Å². The van der Waals surface area contributed by atoms with Crippen molar-refractivity contribution >= 4 is 6.09 Å². The number of rotatable bonds is 8. The molecule has 1 aromatic rings. The second-order valence-electron chi connectivity index (χ2n) is 6.03. The third-order valence-corrected chi connectivity index (χ3v) is 2.78. The molecule has 0 fully saturated rings. The molecule has 0 saturated heterocycles. The number of carbonyl (C=O) groups excluding carboxylic acids is 1. The van der Waals surface area contributed by atoms with Crippen molar-refractivity contribution < 1.29 is 14.3 Å². The van der Waals surface area contributed by atoms with Crippen molar-refractivity contribution in [2.45, 2.75) is 39.8 Å². The van der Waals surface area contributed by atoms with Gasteiger partial charge in [-0.25, -0.2) is 4.79 Å². The molecule has 1 rings (SSSR count). The molecule has 5 heteroatoms. The third-order valence-electron chi connectivity index (χ3n) is 2.78. The molecule has 0 spiro atoms. The van der Waals surface area contributed by atoms with E-state index in [0.29, 0.717) is 13.2 Å². The van der Waals surface area contributed by atoms with Crippen LogP contribution in [-0.2, 0) is 11.3 Å². The summed E-state index contributed by atoms with van der Waals surface area (Å²) in [6.45, 7) is 10.1. The highest BCUT2D eigenvalue weighted by molar-refractivity contribution is 5.67. The Morgan fingerprint density at radius 3 is 2.57 bits per heavy atom. The normalized spacial score (nSPS) is 11.5. The summed E-state index contributed by atoms with van der Waals surface area (Å²) in [6.07, 6.45) is 3.47. The smallest absolute Gasteiger partial charge is 0.407 e. The zero-order valence-corrected chi connectivity index (χ0v) is 14.5. The van der Waals surface area contributed by atoms with Crippen molar-refractivity contribution in [3.05, 3.63) is 42.0 Å². The van der Waals surface area contributed by atoms with Gasteiger partial charge in [-0.2, -0.15) is 0 Å². The molecule has 0 aromatic heterocycles. The molecule has 0 aliphatic heterocycles. The zero-order chi connectivity index (χ0) is 17.1. The minimum atomic E-state index is -0.469. The lowest BCUT2D eigenvalue weighted by Gasteiger charge is -2.19. The summed E-state index contributed by atoms with van der Waals surface area (Å²) in [5, 5.41) is 5.99. The summed E-state index contributed by atoms with van der Waals surface area (Å²) < 4.78 is 10.7. The van der Waals surface area contributed by atoms with Crippen LogP contribution < -0.4 is 15.4 Å². The van der Waals surface area contributed by atoms with Crippen LogP contribution in [0.5, 0.6) is 5.75 Å². The van der Waals surface area contributed by atoms with Crippen molar-refractivity contribution in [2.24, 2.45) is 0 Å². The van der Waals surface area contributed by atoms with Gasteiger partial charge in [-0.05, 0) is 33.8 Å². The van der Waals surface area contributed by atoms with Crippen LogP contribution in [0.1, 0.15) is 33.3 Å². The number of hydrogen-bond acceptors (Lipinski definition) is 4. The van der Waals surface area contributed by atoms with Gasteiger partial charge in [0.2, 0.25) is 0 Å². The SMILES string of the molecule is CCOc1ccccc1CNC/C=C/CNC(=O)OC(C)(C)C. The first-order valence-corrected chi connectivity index (χ1v) is 7.95. The van der Waals surface area contributed by atoms with Crippen molar-refractivity contribution in [1.82, 2.24) is 10.6 Å². The number of ether oxygens (including phenoxy) is 2. The molecule has 1 amide bonds. The van der Waals surface area contributed by atoms with E-state index in [1.165, 1.54) is 0 Å². The molecule has 0 aliphatic carbocycles. The Morgan fingerprint density at radius 2 is 1.87 bits per heavy atom. The Balaban J connectivity index is 2.21. The van der Waals surface area contributed by atoms with E-state index in [1.807, 2.05) is 64.1 Å². The highest BCUT2D eigenvalue weighted by Crippen LogP contribution is 2.17. The van der Waals surface area contributed by atoms with Gasteiger partial charge < -0.3 is 20.1 Å². The highest BCUT2D eigenvalue weighted by Gasteiger charge is 2.14. The Kier molecular flexibility index (Phi) is 8.19. The monoisotopic (exact) mass is 320 g/mol. The van der Waals surface area contributed by atoms with Crippen LogP contribution in [0, 0.1) is 0 Å². The Labute approximate surface area is 139 Å². The predicted octanol–water partition coefficient (Wildman–Crippen LogP) is 3.26. The number of hydrogen-bond donors (Lipinski definition) is 2. The average Bonchev–Trinajstić information content (AvgIpc) is 2.46. The van der Waals surface area contributed by atoms with Gasteiger partial charge >= 0.3 is 6.09 Å². The van der Waals surface area contributed by atoms with E-state index < -0.39 is 11.7 Å². The van der Waals surface area contributed by atoms with Crippen molar-refractivity contribution in [1.29, 1.82) is 0 Å². The van der Waals surface area contributed by atoms with E-state index in [-0.39, 0.29) is 0 Å². The molecule has 0 radical (unpaired) electrons. The molecule has 23 heavy (non-hydrogen) atoms. The summed E-state index contributed by atoms with van der Waals surface area (Å²) in [4.78, 5) is 11.4. The van der Waals surface area contributed by atoms with Gasteiger partial charge in [0, 0.05) is 25.2 Å². The van der Waals surface area contributed by atoms with Gasteiger partial charge in [0.05, 0.1) is 6.61 Å². The van der Waals surface area contributed by atoms with Crippen LogP contribution in [-0.4, -0.2) is 31.4 Å². The molecule has 0 aliphatic rings. The minimum Gasteiger partial charge on any atom is -0.494 e. The van der Waals surface area contributed by atoms with E-state index in [9.17, 15) is 4.79 Å². The molecule has 128 valence electrons. The Morgan fingerprint density at radius 1 is 1.17 bits per heavy atom. The molecule has 2 N–H and O–H groups in total. The van der Waals surface area contributed by atoms with E-state index >= 15 is 0 Å². The molecule has 0 saturated carbocycles. The van der Waals surface area contributed by atoms with Gasteiger partial charge in [0.25, 0.3) is 0 Å². The molecule has 0 bridgehead atoms. The zero-order valence-electron chi connectivity index (χ0n) is 14.5. The summed E-state index contributed by atoms with van der Waals surface area (Å²) in [5.41, 5.74) is 0.665. The van der Waals surface area contributed by atoms with Crippen LogP contribution in [0.4, 0.5) is 4.79 Å². The quantitative estimate of drug-likeness (QED) is 0.570. The molecule has 1 aromatic carbocycles. The highest BCUT2D eigenvalue weighted by atomic mass is 16.6. The maximum absolute atomic E-state index is 11.4. The fourth-order valence-corrected chi connectivity index (χ4v) is 1.86. The standard InChI is InChI=1S/C18H28N2O3/c1-5-22-16-11-7-6-10-15(16)14-19-12-8-9-13-20-17(21)23-18(2,3)4/h6-11,19H,5,12-14H2,1-4H3,(H,20,21)/b9-8+. The molecular formula is C18H28N2O3. The number of nitrogens with one attached hydrogen (secondary N) is 2. The number of carbonyl (C=O) groups is 1. The number of benzene rings is 1. The first-order chi connectivity index (χ1) is 10.9. The molecule has 0 heterocycles. The van der Waals surface area contributed by atoms with Crippen LogP contribution in [0.25, 0.3) is 0 Å². The van der Waals surface area contributed by atoms with Crippen molar-refractivity contribution in [3.63, 3.8) is 0 Å². The van der Waals surface area contributed by atoms with Gasteiger partial charge in [-0.1, -0.05) is 30.4 Å². The fourth-order valence-electron chi connectivity index (χ4n) is 1.86. The van der Waals surface area contributed by atoms with Crippen molar-refractivity contribution in [3.8, 4) is 5.75 Å². The van der Waals surface area contributed by atoms with E-state index in [0.717, 1.165) is 24.4 Å². The van der Waals surface area contributed by atoms with Gasteiger partial charge in [0.15, 0.2) is 0 Å². The lowest BCUT2D eigenvalue weighted by atomic mass is 10.2. The molecule has 5 nitrogen and oxygen atoms in total. The minimum absolute atomic E-state index is 0.402. The summed E-state index contributed by atoms with van der Waals surface area (Å²) in [7, 11) is 0. The molecular weight excluding hydrogens is 292 g/mol. The number of alkyl carbamates (subject to hydrolysis) is 1. The third kappa shape index (κ3) is 8.88. The first kappa shape index (κ1) is 19.0. The Bertz CT molecular complexity index is 507. The second kappa shape index (κ2) is 9.90. The van der Waals surface area contributed by atoms with Crippen LogP contribution in [0.2, 0.25) is 0 Å². The van der Waals surface area contributed by atoms with E-state index in [2.05, 4.69) is 10.6 Å². The lowest BCUT2D eigenvalue weighted by Crippen LogP contribution is -2.32. The maximum atomic E-state index is 11.4. The summed E-state index contributed by atoms with van der Waals surface area (Å²) in [5.74, 6) is 0.915. The second-order valence-corrected chi connectivity index (χ2v) is 6.03. The van der Waals surface area contributed by atoms with Gasteiger partial charge in [0.1, 0.15) is 11.4 Å². The largest absolute Gasteiger partial charge is 0.494 e. The van der Waals surface area contributed by atoms with E-state index in [4.69, 9.17) is 9.47 Å². The Hall–Kier alpha value is -2.01. The lowest BCUT2D eigenvalue weighted by molar-refractivity contribution is 0.0534.